The van der Waals surface area contributed by atoms with Gasteiger partial charge in [-0.15, -0.1) is 13.2 Å². The summed E-state index contributed by atoms with van der Waals surface area (Å²) in [5.41, 5.74) is -1.22. The standard InChI is InChI=1S/C15H21NO3/c1-4-7-12(8-5-2)14(17)16-11-15(3,18)13-9-6-10-19-13/h4-6,9-10,12,18H,1-2,7-8,11H2,3H3,(H,16,17). The maximum atomic E-state index is 12.0. The van der Waals surface area contributed by atoms with Gasteiger partial charge in [0.1, 0.15) is 11.4 Å². The zero-order valence-electron chi connectivity index (χ0n) is 11.3. The van der Waals surface area contributed by atoms with Crippen LogP contribution >= 0.6 is 0 Å². The molecular formula is C15H21NO3. The molecule has 0 aromatic carbocycles. The summed E-state index contributed by atoms with van der Waals surface area (Å²) in [6, 6.07) is 3.38. The molecule has 1 rings (SSSR count). The minimum atomic E-state index is -1.22. The van der Waals surface area contributed by atoms with Crippen LogP contribution in [0.4, 0.5) is 0 Å². The molecule has 0 radical (unpaired) electrons. The Morgan fingerprint density at radius 1 is 1.53 bits per heavy atom. The summed E-state index contributed by atoms with van der Waals surface area (Å²) in [6.07, 6.45) is 6.07. The van der Waals surface area contributed by atoms with Crippen molar-refractivity contribution in [3.63, 3.8) is 0 Å². The lowest BCUT2D eigenvalue weighted by Gasteiger charge is -2.22. The third-order valence-electron chi connectivity index (χ3n) is 2.93. The molecule has 1 heterocycles. The fourth-order valence-corrected chi connectivity index (χ4v) is 1.79. The molecule has 1 unspecified atom stereocenters. The first-order valence-corrected chi connectivity index (χ1v) is 6.27. The van der Waals surface area contributed by atoms with Crippen LogP contribution < -0.4 is 5.32 Å². The molecule has 0 aliphatic rings. The van der Waals surface area contributed by atoms with Crippen molar-refractivity contribution in [3.05, 3.63) is 49.5 Å². The topological polar surface area (TPSA) is 62.5 Å². The van der Waals surface area contributed by atoms with E-state index in [1.165, 1.54) is 6.26 Å². The first-order chi connectivity index (χ1) is 9.01. The Morgan fingerprint density at radius 2 is 2.16 bits per heavy atom. The number of nitrogens with one attached hydrogen (secondary N) is 1. The molecule has 0 aliphatic heterocycles. The summed E-state index contributed by atoms with van der Waals surface area (Å²) in [6.45, 7) is 8.97. The van der Waals surface area contributed by atoms with Gasteiger partial charge in [0.25, 0.3) is 0 Å². The van der Waals surface area contributed by atoms with Crippen molar-refractivity contribution >= 4 is 5.91 Å². The molecule has 1 aromatic rings. The number of carbonyl (C=O) groups excluding carboxylic acids is 1. The Bertz CT molecular complexity index is 411. The maximum Gasteiger partial charge on any atom is 0.223 e. The minimum Gasteiger partial charge on any atom is -0.466 e. The van der Waals surface area contributed by atoms with Crippen LogP contribution in [0.1, 0.15) is 25.5 Å². The second-order valence-electron chi connectivity index (χ2n) is 4.71. The van der Waals surface area contributed by atoms with Crippen LogP contribution in [0.15, 0.2) is 48.1 Å². The van der Waals surface area contributed by atoms with Gasteiger partial charge in [-0.2, -0.15) is 0 Å². The number of hydrogen-bond donors (Lipinski definition) is 2. The summed E-state index contributed by atoms with van der Waals surface area (Å²) in [7, 11) is 0. The first-order valence-electron chi connectivity index (χ1n) is 6.27. The van der Waals surface area contributed by atoms with Gasteiger partial charge in [-0.25, -0.2) is 0 Å². The maximum absolute atomic E-state index is 12.0. The average molecular weight is 263 g/mol. The zero-order valence-corrected chi connectivity index (χ0v) is 11.3. The van der Waals surface area contributed by atoms with E-state index in [1.807, 2.05) is 0 Å². The number of allylic oxidation sites excluding steroid dienone is 2. The van der Waals surface area contributed by atoms with Crippen molar-refractivity contribution in [1.29, 1.82) is 0 Å². The minimum absolute atomic E-state index is 0.101. The van der Waals surface area contributed by atoms with E-state index in [1.54, 1.807) is 31.2 Å². The predicted molar refractivity (Wildman–Crippen MR) is 74.4 cm³/mol. The first kappa shape index (κ1) is 15.2. The van der Waals surface area contributed by atoms with Crippen molar-refractivity contribution in [2.45, 2.75) is 25.4 Å². The van der Waals surface area contributed by atoms with E-state index in [2.05, 4.69) is 18.5 Å². The molecule has 2 N–H and O–H groups in total. The largest absolute Gasteiger partial charge is 0.466 e. The van der Waals surface area contributed by atoms with Crippen molar-refractivity contribution < 1.29 is 14.3 Å². The normalized spacial score (nSPS) is 13.8. The van der Waals surface area contributed by atoms with Gasteiger partial charge in [0, 0.05) is 5.92 Å². The number of aliphatic hydroxyl groups is 1. The highest BCUT2D eigenvalue weighted by Gasteiger charge is 2.27. The van der Waals surface area contributed by atoms with Crippen LogP contribution in [0.25, 0.3) is 0 Å². The highest BCUT2D eigenvalue weighted by molar-refractivity contribution is 5.79. The van der Waals surface area contributed by atoms with Crippen LogP contribution in [0, 0.1) is 5.92 Å². The summed E-state index contributed by atoms with van der Waals surface area (Å²) >= 11 is 0. The zero-order chi connectivity index (χ0) is 14.3. The molecule has 0 aliphatic carbocycles. The van der Waals surface area contributed by atoms with E-state index in [0.717, 1.165) is 0 Å². The Kier molecular flexibility index (Phi) is 5.57. The Morgan fingerprint density at radius 3 is 2.63 bits per heavy atom. The number of amides is 1. The van der Waals surface area contributed by atoms with E-state index in [-0.39, 0.29) is 18.4 Å². The average Bonchev–Trinajstić information content (AvgIpc) is 2.90. The lowest BCUT2D eigenvalue weighted by molar-refractivity contribution is -0.126. The van der Waals surface area contributed by atoms with Crippen molar-refractivity contribution in [3.8, 4) is 0 Å². The summed E-state index contributed by atoms with van der Waals surface area (Å²) < 4.78 is 5.15. The van der Waals surface area contributed by atoms with Gasteiger partial charge in [0.15, 0.2) is 0 Å². The molecule has 104 valence electrons. The summed E-state index contributed by atoms with van der Waals surface area (Å²) in [4.78, 5) is 12.0. The van der Waals surface area contributed by atoms with Crippen LogP contribution in [0.3, 0.4) is 0 Å². The van der Waals surface area contributed by atoms with Gasteiger partial charge in [0.2, 0.25) is 5.91 Å². The fraction of sp³-hybridized carbons (Fsp3) is 0.400. The van der Waals surface area contributed by atoms with Crippen LogP contribution in [0.2, 0.25) is 0 Å². The fourth-order valence-electron chi connectivity index (χ4n) is 1.79. The molecule has 0 saturated carbocycles. The van der Waals surface area contributed by atoms with Gasteiger partial charge in [-0.05, 0) is 31.9 Å². The molecular weight excluding hydrogens is 242 g/mol. The highest BCUT2D eigenvalue weighted by Crippen LogP contribution is 2.20. The van der Waals surface area contributed by atoms with Gasteiger partial charge < -0.3 is 14.8 Å². The molecule has 0 bridgehead atoms. The van der Waals surface area contributed by atoms with Gasteiger partial charge in [-0.1, -0.05) is 12.2 Å². The van der Waals surface area contributed by atoms with E-state index >= 15 is 0 Å². The molecule has 4 heteroatoms. The van der Waals surface area contributed by atoms with E-state index < -0.39 is 5.60 Å². The van der Waals surface area contributed by atoms with E-state index in [4.69, 9.17) is 4.42 Å². The smallest absolute Gasteiger partial charge is 0.223 e. The van der Waals surface area contributed by atoms with E-state index in [9.17, 15) is 9.90 Å². The highest BCUT2D eigenvalue weighted by atomic mass is 16.4. The molecule has 1 aromatic heterocycles. The number of rotatable bonds is 8. The van der Waals surface area contributed by atoms with Crippen LogP contribution in [-0.2, 0) is 10.4 Å². The Labute approximate surface area is 113 Å². The molecule has 1 atom stereocenters. The van der Waals surface area contributed by atoms with Gasteiger partial charge in [-0.3, -0.25) is 4.79 Å². The Hall–Kier alpha value is -1.81. The molecule has 19 heavy (non-hydrogen) atoms. The van der Waals surface area contributed by atoms with Crippen LogP contribution in [-0.4, -0.2) is 17.6 Å². The van der Waals surface area contributed by atoms with Crippen molar-refractivity contribution in [2.75, 3.05) is 6.54 Å². The monoisotopic (exact) mass is 263 g/mol. The molecule has 1 amide bonds. The molecule has 0 fully saturated rings. The second-order valence-corrected chi connectivity index (χ2v) is 4.71. The Balaban J connectivity index is 2.57. The number of hydrogen-bond acceptors (Lipinski definition) is 3. The number of carbonyl (C=O) groups is 1. The summed E-state index contributed by atoms with van der Waals surface area (Å²) in [5, 5.41) is 13.0. The third-order valence-corrected chi connectivity index (χ3v) is 2.93. The molecule has 0 saturated heterocycles. The second kappa shape index (κ2) is 6.95. The molecule has 0 spiro atoms. The predicted octanol–water partition coefficient (Wildman–Crippen LogP) is 2.37. The van der Waals surface area contributed by atoms with Crippen molar-refractivity contribution in [2.24, 2.45) is 5.92 Å². The lowest BCUT2D eigenvalue weighted by atomic mass is 9.99. The quantitative estimate of drug-likeness (QED) is 0.708. The van der Waals surface area contributed by atoms with Crippen LogP contribution in [0.5, 0.6) is 0 Å². The number of furan rings is 1. The van der Waals surface area contributed by atoms with Crippen molar-refractivity contribution in [1.82, 2.24) is 5.32 Å². The SMILES string of the molecule is C=CCC(CC=C)C(=O)NCC(C)(O)c1ccco1. The molecule has 4 nitrogen and oxygen atoms in total. The summed E-state index contributed by atoms with van der Waals surface area (Å²) in [5.74, 6) is 0.117. The lowest BCUT2D eigenvalue weighted by Crippen LogP contribution is -2.40. The third kappa shape index (κ3) is 4.41. The van der Waals surface area contributed by atoms with Gasteiger partial charge in [0.05, 0.1) is 12.8 Å². The van der Waals surface area contributed by atoms with E-state index in [0.29, 0.717) is 18.6 Å². The van der Waals surface area contributed by atoms with Gasteiger partial charge >= 0.3 is 0 Å².